The maximum Gasteiger partial charge on any atom is 0.321 e. The molecule has 0 aromatic carbocycles. The number of hydrogen-bond donors (Lipinski definition) is 5. The van der Waals surface area contributed by atoms with E-state index in [0.29, 0.717) is 13.1 Å². The van der Waals surface area contributed by atoms with E-state index in [0.717, 1.165) is 39.0 Å². The molecule has 220 valence electrons. The summed E-state index contributed by atoms with van der Waals surface area (Å²) in [6.07, 6.45) is 22.9. The van der Waals surface area contributed by atoms with Gasteiger partial charge < -0.3 is 26.4 Å². The topological polar surface area (TPSA) is 102 Å². The molecule has 5 N–H and O–H groups in total. The molecular weight excluding hydrogens is 464 g/mol. The second kappa shape index (κ2) is 29.4. The van der Waals surface area contributed by atoms with Crippen molar-refractivity contribution in [2.45, 2.75) is 142 Å². The number of amides is 1. The van der Waals surface area contributed by atoms with Crippen LogP contribution in [0.5, 0.6) is 0 Å². The average Bonchev–Trinajstić information content (AvgIpc) is 2.88. The highest BCUT2D eigenvalue weighted by Gasteiger charge is 2.20. The van der Waals surface area contributed by atoms with Crippen molar-refractivity contribution in [1.82, 2.24) is 21.3 Å². The van der Waals surface area contributed by atoms with Crippen LogP contribution in [-0.2, 0) is 9.59 Å². The third kappa shape index (κ3) is 27.7. The van der Waals surface area contributed by atoms with Crippen LogP contribution in [0.1, 0.15) is 136 Å². The summed E-state index contributed by atoms with van der Waals surface area (Å²) in [5.74, 6) is -1.16. The maximum absolute atomic E-state index is 12.1. The summed E-state index contributed by atoms with van der Waals surface area (Å²) in [5.41, 5.74) is 0. The molecule has 1 atom stereocenters. The normalized spacial score (nSPS) is 12.1. The molecule has 0 saturated heterocycles. The lowest BCUT2D eigenvalue weighted by molar-refractivity contribution is -0.141. The monoisotopic (exact) mass is 526 g/mol. The predicted octanol–water partition coefficient (Wildman–Crippen LogP) is 5.78. The van der Waals surface area contributed by atoms with Crippen LogP contribution in [0.25, 0.3) is 0 Å². The lowest BCUT2D eigenvalue weighted by Crippen LogP contribution is -2.42. The summed E-state index contributed by atoms with van der Waals surface area (Å²) in [6, 6.07) is -0.826. The number of hydrogen-bond acceptors (Lipinski definition) is 5. The first-order chi connectivity index (χ1) is 18.1. The summed E-state index contributed by atoms with van der Waals surface area (Å²) in [6.45, 7) is 9.47. The zero-order valence-electron chi connectivity index (χ0n) is 24.5. The van der Waals surface area contributed by atoms with E-state index in [4.69, 9.17) is 0 Å². The molecule has 0 rings (SSSR count). The molecule has 0 heterocycles. The molecule has 0 radical (unpaired) electrons. The van der Waals surface area contributed by atoms with Gasteiger partial charge in [0.05, 0.1) is 6.42 Å². The Kier molecular flexibility index (Phi) is 28.4. The van der Waals surface area contributed by atoms with Crippen molar-refractivity contribution in [3.63, 3.8) is 0 Å². The molecule has 0 aromatic heterocycles. The number of aliphatic carboxylic acids is 1. The zero-order chi connectivity index (χ0) is 27.2. The van der Waals surface area contributed by atoms with Crippen molar-refractivity contribution >= 4 is 11.9 Å². The number of nitrogens with one attached hydrogen (secondary N) is 4. The van der Waals surface area contributed by atoms with Crippen molar-refractivity contribution in [2.24, 2.45) is 0 Å². The minimum Gasteiger partial charge on any atom is -0.480 e. The van der Waals surface area contributed by atoms with Gasteiger partial charge >= 0.3 is 5.97 Å². The highest BCUT2D eigenvalue weighted by atomic mass is 16.4. The van der Waals surface area contributed by atoms with Crippen molar-refractivity contribution < 1.29 is 14.7 Å². The molecule has 0 aliphatic carbocycles. The largest absolute Gasteiger partial charge is 0.480 e. The van der Waals surface area contributed by atoms with Crippen LogP contribution >= 0.6 is 0 Å². The van der Waals surface area contributed by atoms with Gasteiger partial charge in [-0.25, -0.2) is 0 Å². The number of unbranched alkanes of at least 4 members (excludes halogenated alkanes) is 14. The minimum atomic E-state index is -0.964. The van der Waals surface area contributed by atoms with E-state index in [2.05, 4.69) is 35.1 Å². The molecule has 7 heteroatoms. The van der Waals surface area contributed by atoms with Gasteiger partial charge in [0.2, 0.25) is 5.91 Å². The lowest BCUT2D eigenvalue weighted by Gasteiger charge is -2.14. The number of carbonyl (C=O) groups excluding carboxylic acids is 1. The quantitative estimate of drug-likeness (QED) is 0.0761. The summed E-state index contributed by atoms with van der Waals surface area (Å²) >= 11 is 0. The molecule has 0 aliphatic rings. The second-order valence-corrected chi connectivity index (χ2v) is 10.6. The van der Waals surface area contributed by atoms with Crippen molar-refractivity contribution in [3.05, 3.63) is 0 Å². The second-order valence-electron chi connectivity index (χ2n) is 10.6. The summed E-state index contributed by atoms with van der Waals surface area (Å²) < 4.78 is 0. The van der Waals surface area contributed by atoms with Gasteiger partial charge in [0.25, 0.3) is 0 Å². The highest BCUT2D eigenvalue weighted by Crippen LogP contribution is 2.08. The molecule has 0 aliphatic heterocycles. The standard InChI is InChI=1S/C30H62N4O3/c1-3-5-7-9-11-13-15-17-21-31-23-19-25-33-28(30(36)37)27-29(35)34-26-20-24-32-22-18-16-14-12-10-8-6-4-2/h28,31-33H,3-27H2,1-2H3,(H,34,35)(H,36,37)/t28-/m0/s1. The Bertz CT molecular complexity index is 505. The van der Waals surface area contributed by atoms with Crippen LogP contribution in [0.15, 0.2) is 0 Å². The van der Waals surface area contributed by atoms with Crippen molar-refractivity contribution in [3.8, 4) is 0 Å². The lowest BCUT2D eigenvalue weighted by atomic mass is 10.1. The third-order valence-electron chi connectivity index (χ3n) is 6.88. The molecular formula is C30H62N4O3. The summed E-state index contributed by atoms with van der Waals surface area (Å²) in [4.78, 5) is 23.7. The summed E-state index contributed by atoms with van der Waals surface area (Å²) in [5, 5.41) is 22.2. The van der Waals surface area contributed by atoms with Crippen LogP contribution in [0.2, 0.25) is 0 Å². The fraction of sp³-hybridized carbons (Fsp3) is 0.933. The number of carboxylic acid groups (broad SMARTS) is 1. The van der Waals surface area contributed by atoms with E-state index in [9.17, 15) is 14.7 Å². The van der Waals surface area contributed by atoms with Gasteiger partial charge in [0, 0.05) is 6.54 Å². The summed E-state index contributed by atoms with van der Waals surface area (Å²) in [7, 11) is 0. The maximum atomic E-state index is 12.1. The smallest absolute Gasteiger partial charge is 0.321 e. The van der Waals surface area contributed by atoms with E-state index in [1.165, 1.54) is 103 Å². The van der Waals surface area contributed by atoms with Crippen LogP contribution in [0.3, 0.4) is 0 Å². The zero-order valence-corrected chi connectivity index (χ0v) is 24.5. The van der Waals surface area contributed by atoms with Crippen LogP contribution in [0.4, 0.5) is 0 Å². The van der Waals surface area contributed by atoms with Crippen LogP contribution in [-0.4, -0.2) is 62.3 Å². The molecule has 0 bridgehead atoms. The molecule has 0 spiro atoms. The van der Waals surface area contributed by atoms with Gasteiger partial charge in [0.15, 0.2) is 0 Å². The fourth-order valence-electron chi connectivity index (χ4n) is 4.45. The van der Waals surface area contributed by atoms with E-state index >= 15 is 0 Å². The Labute approximate surface area is 229 Å². The average molecular weight is 527 g/mol. The molecule has 0 saturated carbocycles. The van der Waals surface area contributed by atoms with Gasteiger partial charge in [-0.1, -0.05) is 104 Å². The predicted molar refractivity (Wildman–Crippen MR) is 157 cm³/mol. The van der Waals surface area contributed by atoms with Crippen LogP contribution < -0.4 is 21.3 Å². The van der Waals surface area contributed by atoms with Crippen LogP contribution in [0, 0.1) is 0 Å². The first kappa shape index (κ1) is 35.8. The van der Waals surface area contributed by atoms with E-state index in [1.54, 1.807) is 0 Å². The highest BCUT2D eigenvalue weighted by molar-refractivity contribution is 5.84. The Balaban J connectivity index is 3.55. The van der Waals surface area contributed by atoms with Crippen molar-refractivity contribution in [1.29, 1.82) is 0 Å². The van der Waals surface area contributed by atoms with Crippen molar-refractivity contribution in [2.75, 3.05) is 39.3 Å². The Morgan fingerprint density at radius 1 is 0.541 bits per heavy atom. The van der Waals surface area contributed by atoms with Gasteiger partial charge in [0.1, 0.15) is 6.04 Å². The molecule has 37 heavy (non-hydrogen) atoms. The molecule has 1 amide bonds. The van der Waals surface area contributed by atoms with E-state index in [1.807, 2.05) is 0 Å². The minimum absolute atomic E-state index is 0.0211. The fourth-order valence-corrected chi connectivity index (χ4v) is 4.45. The molecule has 0 aromatic rings. The molecule has 7 nitrogen and oxygen atoms in total. The molecule has 0 unspecified atom stereocenters. The van der Waals surface area contributed by atoms with Gasteiger partial charge in [-0.05, 0) is 58.4 Å². The Hall–Kier alpha value is -1.18. The number of carbonyl (C=O) groups is 2. The first-order valence-electron chi connectivity index (χ1n) is 15.8. The third-order valence-corrected chi connectivity index (χ3v) is 6.88. The van der Waals surface area contributed by atoms with Gasteiger partial charge in [-0.2, -0.15) is 0 Å². The number of carboxylic acids is 1. The molecule has 0 fully saturated rings. The van der Waals surface area contributed by atoms with Gasteiger partial charge in [-0.3, -0.25) is 9.59 Å². The SMILES string of the molecule is CCCCCCCCCCNCCCNC(=O)C[C@H](NCCCNCCCCCCCCCC)C(=O)O. The Morgan fingerprint density at radius 2 is 0.946 bits per heavy atom. The van der Waals surface area contributed by atoms with Gasteiger partial charge in [-0.15, -0.1) is 0 Å². The van der Waals surface area contributed by atoms with E-state index < -0.39 is 12.0 Å². The number of rotatable bonds is 30. The van der Waals surface area contributed by atoms with E-state index in [-0.39, 0.29) is 12.3 Å². The first-order valence-corrected chi connectivity index (χ1v) is 15.8. The Morgan fingerprint density at radius 3 is 1.41 bits per heavy atom.